The Morgan fingerprint density at radius 1 is 1.04 bits per heavy atom. The van der Waals surface area contributed by atoms with Crippen molar-refractivity contribution in [3.05, 3.63) is 71.0 Å². The van der Waals surface area contributed by atoms with Crippen molar-refractivity contribution in [1.29, 1.82) is 0 Å². The smallest absolute Gasteiger partial charge is 0.159 e. The molecule has 0 bridgehead atoms. The number of fused-ring (bicyclic) bond motifs is 1. The molecule has 0 radical (unpaired) electrons. The summed E-state index contributed by atoms with van der Waals surface area (Å²) < 4.78 is 52.3. The fraction of sp³-hybridized carbons (Fsp3) is 0.400. The predicted molar refractivity (Wildman–Crippen MR) is 86.6 cm³/mol. The lowest BCUT2D eigenvalue weighted by atomic mass is 9.74. The predicted octanol–water partition coefficient (Wildman–Crippen LogP) is 4.37. The standard InChI is InChI=1S/C20H19F3O2/c21-17-4-2-1-3-16(17)20-9-15(8-14(20)11-24-12-20)25-10-13-5-6-18(22)19(23)7-13/h1-7,14-15H,8-12H2/t14-,15+,20-/m0/s1. The van der Waals surface area contributed by atoms with E-state index < -0.39 is 11.6 Å². The molecule has 1 saturated carbocycles. The lowest BCUT2D eigenvalue weighted by Gasteiger charge is -2.28. The fourth-order valence-corrected chi connectivity index (χ4v) is 4.23. The molecule has 0 spiro atoms. The number of ether oxygens (including phenoxy) is 2. The van der Waals surface area contributed by atoms with E-state index in [0.29, 0.717) is 30.8 Å². The van der Waals surface area contributed by atoms with E-state index in [1.54, 1.807) is 6.07 Å². The third kappa shape index (κ3) is 2.96. The monoisotopic (exact) mass is 348 g/mol. The zero-order valence-corrected chi connectivity index (χ0v) is 13.7. The average Bonchev–Trinajstić information content (AvgIpc) is 3.14. The fourth-order valence-electron chi connectivity index (χ4n) is 4.23. The van der Waals surface area contributed by atoms with Gasteiger partial charge in [-0.1, -0.05) is 24.3 Å². The van der Waals surface area contributed by atoms with Gasteiger partial charge in [-0.3, -0.25) is 0 Å². The summed E-state index contributed by atoms with van der Waals surface area (Å²) in [5, 5.41) is 0. The highest BCUT2D eigenvalue weighted by molar-refractivity contribution is 5.32. The first-order chi connectivity index (χ1) is 12.1. The number of hydrogen-bond acceptors (Lipinski definition) is 2. The van der Waals surface area contributed by atoms with Crippen LogP contribution in [0.15, 0.2) is 42.5 Å². The Hall–Kier alpha value is -1.85. The number of rotatable bonds is 4. The summed E-state index contributed by atoms with van der Waals surface area (Å²) in [7, 11) is 0. The zero-order chi connectivity index (χ0) is 17.4. The second-order valence-electron chi connectivity index (χ2n) is 6.97. The molecule has 4 rings (SSSR count). The highest BCUT2D eigenvalue weighted by atomic mass is 19.2. The van der Waals surface area contributed by atoms with Crippen LogP contribution in [0, 0.1) is 23.4 Å². The van der Waals surface area contributed by atoms with Crippen molar-refractivity contribution in [2.45, 2.75) is 31.0 Å². The second kappa shape index (κ2) is 6.46. The van der Waals surface area contributed by atoms with E-state index in [1.807, 2.05) is 12.1 Å². The lowest BCUT2D eigenvalue weighted by molar-refractivity contribution is 0.0287. The number of halogens is 3. The molecule has 1 saturated heterocycles. The molecule has 2 nitrogen and oxygen atoms in total. The molecule has 0 N–H and O–H groups in total. The van der Waals surface area contributed by atoms with Crippen LogP contribution in [-0.2, 0) is 21.5 Å². The summed E-state index contributed by atoms with van der Waals surface area (Å²) in [4.78, 5) is 0. The molecule has 2 aromatic rings. The van der Waals surface area contributed by atoms with Gasteiger partial charge in [0.05, 0.1) is 25.9 Å². The van der Waals surface area contributed by atoms with Gasteiger partial charge in [-0.05, 0) is 48.1 Å². The molecule has 1 aliphatic carbocycles. The van der Waals surface area contributed by atoms with Gasteiger partial charge < -0.3 is 9.47 Å². The summed E-state index contributed by atoms with van der Waals surface area (Å²) in [6.07, 6.45) is 1.39. The van der Waals surface area contributed by atoms with Gasteiger partial charge in [-0.25, -0.2) is 13.2 Å². The molecular formula is C20H19F3O2. The van der Waals surface area contributed by atoms with E-state index in [9.17, 15) is 13.2 Å². The van der Waals surface area contributed by atoms with Gasteiger partial charge in [0, 0.05) is 5.41 Å². The lowest BCUT2D eigenvalue weighted by Crippen LogP contribution is -2.31. The van der Waals surface area contributed by atoms with Crippen LogP contribution < -0.4 is 0 Å². The van der Waals surface area contributed by atoms with Crippen molar-refractivity contribution in [2.24, 2.45) is 5.92 Å². The van der Waals surface area contributed by atoms with Gasteiger partial charge in [0.15, 0.2) is 11.6 Å². The van der Waals surface area contributed by atoms with E-state index in [4.69, 9.17) is 9.47 Å². The molecule has 2 aromatic carbocycles. The van der Waals surface area contributed by atoms with Gasteiger partial charge >= 0.3 is 0 Å². The first kappa shape index (κ1) is 16.6. The Bertz CT molecular complexity index is 779. The molecule has 2 aliphatic rings. The molecule has 0 aromatic heterocycles. The summed E-state index contributed by atoms with van der Waals surface area (Å²) in [5.74, 6) is -1.74. The Kier molecular flexibility index (Phi) is 4.29. The number of benzene rings is 2. The van der Waals surface area contributed by atoms with Crippen LogP contribution in [-0.4, -0.2) is 19.3 Å². The molecule has 1 aliphatic heterocycles. The van der Waals surface area contributed by atoms with Gasteiger partial charge in [-0.2, -0.15) is 0 Å². The van der Waals surface area contributed by atoms with Crippen molar-refractivity contribution < 1.29 is 22.6 Å². The Labute approximate surface area is 144 Å². The topological polar surface area (TPSA) is 18.5 Å². The summed E-state index contributed by atoms with van der Waals surface area (Å²) in [5.41, 5.74) is 0.924. The minimum atomic E-state index is -0.874. The Morgan fingerprint density at radius 3 is 2.68 bits per heavy atom. The van der Waals surface area contributed by atoms with Crippen molar-refractivity contribution in [2.75, 3.05) is 13.2 Å². The normalized spacial score (nSPS) is 28.3. The summed E-state index contributed by atoms with van der Waals surface area (Å²) in [6, 6.07) is 10.6. The third-order valence-electron chi connectivity index (χ3n) is 5.48. The van der Waals surface area contributed by atoms with Crippen LogP contribution in [0.4, 0.5) is 13.2 Å². The largest absolute Gasteiger partial charge is 0.380 e. The van der Waals surface area contributed by atoms with Crippen molar-refractivity contribution in [1.82, 2.24) is 0 Å². The first-order valence-electron chi connectivity index (χ1n) is 8.47. The number of hydrogen-bond donors (Lipinski definition) is 0. The molecular weight excluding hydrogens is 329 g/mol. The zero-order valence-electron chi connectivity index (χ0n) is 13.7. The highest BCUT2D eigenvalue weighted by Gasteiger charge is 2.53. The van der Waals surface area contributed by atoms with Crippen LogP contribution >= 0.6 is 0 Å². The minimum absolute atomic E-state index is 0.0541. The van der Waals surface area contributed by atoms with Crippen LogP contribution in [0.3, 0.4) is 0 Å². The van der Waals surface area contributed by atoms with Gasteiger partial charge in [0.25, 0.3) is 0 Å². The van der Waals surface area contributed by atoms with Gasteiger partial charge in [0.1, 0.15) is 5.82 Å². The van der Waals surface area contributed by atoms with Crippen LogP contribution in [0.2, 0.25) is 0 Å². The quantitative estimate of drug-likeness (QED) is 0.817. The maximum Gasteiger partial charge on any atom is 0.159 e. The Morgan fingerprint density at radius 2 is 1.88 bits per heavy atom. The van der Waals surface area contributed by atoms with Crippen LogP contribution in [0.5, 0.6) is 0 Å². The molecule has 132 valence electrons. The first-order valence-corrected chi connectivity index (χ1v) is 8.47. The Balaban J connectivity index is 1.49. The van der Waals surface area contributed by atoms with Gasteiger partial charge in [-0.15, -0.1) is 0 Å². The van der Waals surface area contributed by atoms with Crippen LogP contribution in [0.25, 0.3) is 0 Å². The van der Waals surface area contributed by atoms with Crippen molar-refractivity contribution in [3.8, 4) is 0 Å². The molecule has 3 atom stereocenters. The van der Waals surface area contributed by atoms with Gasteiger partial charge in [0.2, 0.25) is 0 Å². The SMILES string of the molecule is Fc1ccc(CO[C@@H]2C[C@H]3COC[C@@]3(c3ccccc3F)C2)cc1F. The molecule has 0 amide bonds. The minimum Gasteiger partial charge on any atom is -0.380 e. The molecule has 1 heterocycles. The van der Waals surface area contributed by atoms with Crippen molar-refractivity contribution >= 4 is 0 Å². The second-order valence-corrected chi connectivity index (χ2v) is 6.97. The molecule has 5 heteroatoms. The van der Waals surface area contributed by atoms with Crippen molar-refractivity contribution in [3.63, 3.8) is 0 Å². The average molecular weight is 348 g/mol. The molecule has 25 heavy (non-hydrogen) atoms. The molecule has 2 fully saturated rings. The highest BCUT2D eigenvalue weighted by Crippen LogP contribution is 2.51. The van der Waals surface area contributed by atoms with Crippen LogP contribution in [0.1, 0.15) is 24.0 Å². The maximum atomic E-state index is 14.4. The van der Waals surface area contributed by atoms with E-state index in [2.05, 4.69) is 0 Å². The third-order valence-corrected chi connectivity index (χ3v) is 5.48. The van der Waals surface area contributed by atoms with E-state index in [0.717, 1.165) is 18.6 Å². The van der Waals surface area contributed by atoms with E-state index in [1.165, 1.54) is 12.1 Å². The summed E-state index contributed by atoms with van der Waals surface area (Å²) in [6.45, 7) is 1.30. The summed E-state index contributed by atoms with van der Waals surface area (Å²) >= 11 is 0. The maximum absolute atomic E-state index is 14.4. The van der Waals surface area contributed by atoms with E-state index >= 15 is 0 Å². The molecule has 0 unspecified atom stereocenters. The van der Waals surface area contributed by atoms with E-state index in [-0.39, 0.29) is 29.9 Å².